The van der Waals surface area contributed by atoms with E-state index < -0.39 is 0 Å². The van der Waals surface area contributed by atoms with Gasteiger partial charge in [-0.05, 0) is 42.0 Å². The van der Waals surface area contributed by atoms with E-state index in [1.54, 1.807) is 15.7 Å². The van der Waals surface area contributed by atoms with Crippen molar-refractivity contribution in [2.45, 2.75) is 12.8 Å². The second-order valence-corrected chi connectivity index (χ2v) is 7.06. The van der Waals surface area contributed by atoms with E-state index in [1.165, 1.54) is 6.08 Å². The number of rotatable bonds is 4. The number of ether oxygens (including phenoxy) is 1. The van der Waals surface area contributed by atoms with E-state index in [0.717, 1.165) is 27.7 Å². The maximum atomic E-state index is 12.3. The zero-order valence-corrected chi connectivity index (χ0v) is 16.0. The molecule has 0 radical (unpaired) electrons. The first-order chi connectivity index (χ1) is 13.6. The molecule has 1 saturated heterocycles. The quantitative estimate of drug-likeness (QED) is 0.685. The molecule has 144 valence electrons. The van der Waals surface area contributed by atoms with Crippen molar-refractivity contribution in [3.8, 4) is 11.3 Å². The molecule has 1 amide bonds. The van der Waals surface area contributed by atoms with Crippen molar-refractivity contribution in [2.24, 2.45) is 0 Å². The van der Waals surface area contributed by atoms with Crippen LogP contribution in [-0.2, 0) is 16.3 Å². The lowest BCUT2D eigenvalue weighted by molar-refractivity contribution is -0.134. The van der Waals surface area contributed by atoms with Crippen LogP contribution in [0.3, 0.4) is 0 Å². The zero-order valence-electron chi connectivity index (χ0n) is 15.2. The number of carbonyl (C=O) groups is 1. The third kappa shape index (κ3) is 3.30. The lowest BCUT2D eigenvalue weighted by atomic mass is 9.99. The number of pyridine rings is 1. The van der Waals surface area contributed by atoms with E-state index in [0.29, 0.717) is 24.8 Å². The Kier molecular flexibility index (Phi) is 5.17. The molecule has 0 bridgehead atoms. The average Bonchev–Trinajstić information content (AvgIpc) is 3.16. The largest absolute Gasteiger partial charge is 0.377 e. The van der Waals surface area contributed by atoms with E-state index in [2.05, 4.69) is 11.6 Å². The minimum absolute atomic E-state index is 0.105. The first-order valence-electron chi connectivity index (χ1n) is 8.98. The van der Waals surface area contributed by atoms with E-state index in [-0.39, 0.29) is 18.7 Å². The topological polar surface area (TPSA) is 67.6 Å². The summed E-state index contributed by atoms with van der Waals surface area (Å²) in [7, 11) is 0. The van der Waals surface area contributed by atoms with Gasteiger partial charge in [-0.2, -0.15) is 0 Å². The Bertz CT molecular complexity index is 1050. The Balaban J connectivity index is 1.81. The third-order valence-electron chi connectivity index (χ3n) is 5.01. The molecular formula is C21H20ClN3O3. The summed E-state index contributed by atoms with van der Waals surface area (Å²) in [5, 5.41) is 11.0. The van der Waals surface area contributed by atoms with Gasteiger partial charge in [0.2, 0.25) is 5.91 Å². The fraction of sp³-hybridized carbons (Fsp3) is 0.238. The van der Waals surface area contributed by atoms with Gasteiger partial charge in [0.25, 0.3) is 0 Å². The van der Waals surface area contributed by atoms with E-state index >= 15 is 0 Å². The fourth-order valence-electron chi connectivity index (χ4n) is 3.68. The first-order valence-corrected chi connectivity index (χ1v) is 9.36. The minimum atomic E-state index is -0.238. The normalized spacial score (nSPS) is 17.1. The number of aliphatic hydroxyl groups excluding tert-OH is 1. The molecule has 6 nitrogen and oxygen atoms in total. The Morgan fingerprint density at radius 1 is 1.39 bits per heavy atom. The summed E-state index contributed by atoms with van der Waals surface area (Å²) in [6, 6.07) is 9.25. The molecule has 28 heavy (non-hydrogen) atoms. The highest BCUT2D eigenvalue weighted by molar-refractivity contribution is 6.31. The molecule has 1 unspecified atom stereocenters. The molecule has 1 aliphatic heterocycles. The number of halogens is 1. The third-order valence-corrected chi connectivity index (χ3v) is 5.23. The molecular weight excluding hydrogens is 378 g/mol. The maximum Gasteiger partial charge on any atom is 0.246 e. The summed E-state index contributed by atoms with van der Waals surface area (Å²) in [5.41, 5.74) is 3.39. The molecule has 0 aliphatic carbocycles. The van der Waals surface area contributed by atoms with Crippen LogP contribution in [0.5, 0.6) is 0 Å². The van der Waals surface area contributed by atoms with Gasteiger partial charge in [0.1, 0.15) is 6.73 Å². The van der Waals surface area contributed by atoms with Crippen LogP contribution in [0.25, 0.3) is 22.2 Å². The van der Waals surface area contributed by atoms with Crippen LogP contribution in [0.1, 0.15) is 11.6 Å². The van der Waals surface area contributed by atoms with Gasteiger partial charge >= 0.3 is 0 Å². The highest BCUT2D eigenvalue weighted by Crippen LogP contribution is 2.34. The molecule has 0 saturated carbocycles. The Morgan fingerprint density at radius 3 is 3.04 bits per heavy atom. The molecule has 1 N–H and O–H groups in total. The van der Waals surface area contributed by atoms with Crippen LogP contribution < -0.4 is 0 Å². The number of aliphatic hydroxyl groups is 1. The Hall–Kier alpha value is -2.67. The molecule has 1 aliphatic rings. The molecule has 7 heteroatoms. The molecule has 1 aromatic carbocycles. The molecule has 1 fully saturated rings. The summed E-state index contributed by atoms with van der Waals surface area (Å²) >= 11 is 6.43. The average molecular weight is 398 g/mol. The summed E-state index contributed by atoms with van der Waals surface area (Å²) < 4.78 is 7.36. The number of nitrogens with zero attached hydrogens (tertiary/aromatic N) is 3. The van der Waals surface area contributed by atoms with E-state index in [1.807, 2.05) is 36.5 Å². The number of carbonyl (C=O) groups excluding carboxylic acids is 1. The number of hydrogen-bond donors (Lipinski definition) is 1. The van der Waals surface area contributed by atoms with Crippen molar-refractivity contribution in [3.05, 3.63) is 66.0 Å². The molecule has 0 spiro atoms. The number of amides is 1. The van der Waals surface area contributed by atoms with Gasteiger partial charge in [-0.3, -0.25) is 9.78 Å². The van der Waals surface area contributed by atoms with Crippen molar-refractivity contribution in [3.63, 3.8) is 0 Å². The highest BCUT2D eigenvalue weighted by atomic mass is 35.5. The van der Waals surface area contributed by atoms with Crippen LogP contribution in [0.2, 0.25) is 5.02 Å². The van der Waals surface area contributed by atoms with Gasteiger partial charge < -0.3 is 19.3 Å². The molecule has 1 atom stereocenters. The Labute approximate surface area is 167 Å². The SMILES string of the molecule is C=CC(=O)N1CCOCC1c1cc(Cl)cc(-c2nccc3c2ccn3CO)c1. The summed E-state index contributed by atoms with van der Waals surface area (Å²) in [6.45, 7) is 4.90. The van der Waals surface area contributed by atoms with E-state index in [4.69, 9.17) is 16.3 Å². The van der Waals surface area contributed by atoms with Gasteiger partial charge in [0.15, 0.2) is 0 Å². The smallest absolute Gasteiger partial charge is 0.246 e. The maximum absolute atomic E-state index is 12.3. The fourth-order valence-corrected chi connectivity index (χ4v) is 3.92. The van der Waals surface area contributed by atoms with Crippen molar-refractivity contribution in [1.29, 1.82) is 0 Å². The first kappa shape index (κ1) is 18.7. The highest BCUT2D eigenvalue weighted by Gasteiger charge is 2.28. The summed E-state index contributed by atoms with van der Waals surface area (Å²) in [5.74, 6) is -0.130. The van der Waals surface area contributed by atoms with Crippen molar-refractivity contribution >= 4 is 28.4 Å². The van der Waals surface area contributed by atoms with Gasteiger partial charge in [-0.15, -0.1) is 0 Å². The summed E-state index contributed by atoms with van der Waals surface area (Å²) in [6.07, 6.45) is 4.85. The molecule has 4 rings (SSSR count). The van der Waals surface area contributed by atoms with E-state index in [9.17, 15) is 9.90 Å². The van der Waals surface area contributed by atoms with Gasteiger partial charge in [-0.1, -0.05) is 18.2 Å². The number of hydrogen-bond acceptors (Lipinski definition) is 4. The van der Waals surface area contributed by atoms with Gasteiger partial charge in [0, 0.05) is 34.9 Å². The lowest BCUT2D eigenvalue weighted by Gasteiger charge is -2.35. The van der Waals surface area contributed by atoms with Crippen LogP contribution in [-0.4, -0.2) is 45.2 Å². The number of benzene rings is 1. The lowest BCUT2D eigenvalue weighted by Crippen LogP contribution is -2.42. The number of aromatic nitrogens is 2. The minimum Gasteiger partial charge on any atom is -0.377 e. The molecule has 2 aromatic heterocycles. The standard InChI is InChI=1S/C21H20ClN3O3/c1-2-20(27)25-7-8-28-12-19(25)14-9-15(11-16(22)10-14)21-17-4-6-24(13-26)18(17)3-5-23-21/h2-6,9-11,19,26H,1,7-8,12-13H2. The second-order valence-electron chi connectivity index (χ2n) is 6.62. The predicted molar refractivity (Wildman–Crippen MR) is 108 cm³/mol. The van der Waals surface area contributed by atoms with Crippen LogP contribution >= 0.6 is 11.6 Å². The predicted octanol–water partition coefficient (Wildman–Crippen LogP) is 3.39. The van der Waals surface area contributed by atoms with Crippen LogP contribution in [0.15, 0.2) is 55.4 Å². The van der Waals surface area contributed by atoms with Crippen molar-refractivity contribution in [2.75, 3.05) is 19.8 Å². The van der Waals surface area contributed by atoms with Gasteiger partial charge in [0.05, 0.1) is 30.5 Å². The molecule has 3 aromatic rings. The van der Waals surface area contributed by atoms with Gasteiger partial charge in [-0.25, -0.2) is 0 Å². The summed E-state index contributed by atoms with van der Waals surface area (Å²) in [4.78, 5) is 18.6. The zero-order chi connectivity index (χ0) is 19.7. The van der Waals surface area contributed by atoms with Crippen molar-refractivity contribution in [1.82, 2.24) is 14.5 Å². The van der Waals surface area contributed by atoms with Crippen LogP contribution in [0, 0.1) is 0 Å². The number of fused-ring (bicyclic) bond motifs is 1. The Morgan fingerprint density at radius 2 is 2.25 bits per heavy atom. The monoisotopic (exact) mass is 397 g/mol. The van der Waals surface area contributed by atoms with Crippen molar-refractivity contribution < 1.29 is 14.6 Å². The van der Waals surface area contributed by atoms with Crippen LogP contribution in [0.4, 0.5) is 0 Å². The second kappa shape index (κ2) is 7.75. The molecule has 3 heterocycles. The number of morpholine rings is 1.